The van der Waals surface area contributed by atoms with E-state index in [9.17, 15) is 8.42 Å². The van der Waals surface area contributed by atoms with Crippen LogP contribution in [-0.2, 0) is 10.0 Å². The topological polar surface area (TPSA) is 57.6 Å². The minimum Gasteiger partial charge on any atom is -0.396 e. The summed E-state index contributed by atoms with van der Waals surface area (Å²) in [5.74, 6) is 0. The summed E-state index contributed by atoms with van der Waals surface area (Å²) in [5, 5.41) is 8.87. The van der Waals surface area contributed by atoms with Gasteiger partial charge in [0.2, 0.25) is 10.0 Å². The second-order valence-electron chi connectivity index (χ2n) is 4.55. The van der Waals surface area contributed by atoms with Crippen LogP contribution >= 0.6 is 0 Å². The lowest BCUT2D eigenvalue weighted by atomic mass is 10.2. The molecule has 0 atom stereocenters. The van der Waals surface area contributed by atoms with Crippen LogP contribution in [0.5, 0.6) is 0 Å². The maximum atomic E-state index is 12.5. The molecule has 0 bridgehead atoms. The van der Waals surface area contributed by atoms with Crippen LogP contribution in [0.4, 0.5) is 0 Å². The summed E-state index contributed by atoms with van der Waals surface area (Å²) in [6.45, 7) is 5.80. The summed E-state index contributed by atoms with van der Waals surface area (Å²) in [4.78, 5) is 0.344. The molecule has 1 aromatic rings. The molecule has 0 aliphatic rings. The van der Waals surface area contributed by atoms with E-state index in [-0.39, 0.29) is 12.6 Å². The summed E-state index contributed by atoms with van der Waals surface area (Å²) in [6.07, 6.45) is 0.448. The van der Waals surface area contributed by atoms with Crippen molar-refractivity contribution in [2.75, 3.05) is 13.2 Å². The fraction of sp³-hybridized carbons (Fsp3) is 0.538. The molecule has 1 aromatic carbocycles. The van der Waals surface area contributed by atoms with E-state index in [1.54, 1.807) is 25.1 Å². The minimum atomic E-state index is -3.48. The summed E-state index contributed by atoms with van der Waals surface area (Å²) in [6, 6.07) is 6.84. The van der Waals surface area contributed by atoms with Crippen LogP contribution in [0, 0.1) is 6.92 Å². The van der Waals surface area contributed by atoms with Crippen molar-refractivity contribution < 1.29 is 13.5 Å². The monoisotopic (exact) mass is 271 g/mol. The number of aliphatic hydroxyl groups excluding tert-OH is 1. The number of hydrogen-bond donors (Lipinski definition) is 1. The van der Waals surface area contributed by atoms with Gasteiger partial charge in [0.25, 0.3) is 0 Å². The molecule has 4 nitrogen and oxygen atoms in total. The quantitative estimate of drug-likeness (QED) is 0.858. The van der Waals surface area contributed by atoms with E-state index >= 15 is 0 Å². The van der Waals surface area contributed by atoms with Gasteiger partial charge in [0.15, 0.2) is 0 Å². The van der Waals surface area contributed by atoms with Crippen molar-refractivity contribution in [3.63, 3.8) is 0 Å². The molecule has 0 saturated carbocycles. The zero-order valence-corrected chi connectivity index (χ0v) is 11.9. The van der Waals surface area contributed by atoms with Gasteiger partial charge in [-0.3, -0.25) is 0 Å². The number of rotatable bonds is 6. The molecule has 0 amide bonds. The Bertz CT molecular complexity index is 483. The fourth-order valence-electron chi connectivity index (χ4n) is 1.85. The van der Waals surface area contributed by atoms with E-state index in [1.807, 2.05) is 19.9 Å². The van der Waals surface area contributed by atoms with Crippen molar-refractivity contribution in [2.24, 2.45) is 0 Å². The molecule has 1 rings (SSSR count). The van der Waals surface area contributed by atoms with E-state index in [0.717, 1.165) is 5.56 Å². The number of aryl methyl sites for hydroxylation is 1. The fourth-order valence-corrected chi connectivity index (χ4v) is 3.76. The van der Waals surface area contributed by atoms with Gasteiger partial charge in [0, 0.05) is 19.2 Å². The van der Waals surface area contributed by atoms with Gasteiger partial charge in [-0.25, -0.2) is 8.42 Å². The first-order chi connectivity index (χ1) is 8.41. The molecule has 5 heteroatoms. The Labute approximate surface area is 109 Å². The van der Waals surface area contributed by atoms with Crippen LogP contribution < -0.4 is 0 Å². The van der Waals surface area contributed by atoms with Crippen LogP contribution in [0.1, 0.15) is 25.8 Å². The summed E-state index contributed by atoms with van der Waals surface area (Å²) < 4.78 is 26.5. The molecule has 0 fully saturated rings. The van der Waals surface area contributed by atoms with Gasteiger partial charge < -0.3 is 5.11 Å². The van der Waals surface area contributed by atoms with Crippen LogP contribution in [0.3, 0.4) is 0 Å². The molecule has 18 heavy (non-hydrogen) atoms. The maximum Gasteiger partial charge on any atom is 0.243 e. The highest BCUT2D eigenvalue weighted by Gasteiger charge is 2.27. The number of aliphatic hydroxyl groups is 1. The van der Waals surface area contributed by atoms with Crippen molar-refractivity contribution in [3.8, 4) is 0 Å². The standard InChI is InChI=1S/C13H21NO3S/c1-11(2)14(9-6-10-15)18(16,17)13-8-5-4-7-12(13)3/h4-5,7-8,11,15H,6,9-10H2,1-3H3. The highest BCUT2D eigenvalue weighted by Crippen LogP contribution is 2.21. The molecule has 0 aliphatic heterocycles. The molecular weight excluding hydrogens is 250 g/mol. The van der Waals surface area contributed by atoms with Gasteiger partial charge in [-0.15, -0.1) is 0 Å². The molecule has 0 spiro atoms. The van der Waals surface area contributed by atoms with Crippen LogP contribution in [-0.4, -0.2) is 37.0 Å². The molecule has 0 aliphatic carbocycles. The molecule has 0 saturated heterocycles. The largest absolute Gasteiger partial charge is 0.396 e. The lowest BCUT2D eigenvalue weighted by Crippen LogP contribution is -2.38. The molecular formula is C13H21NO3S. The van der Waals surface area contributed by atoms with Gasteiger partial charge in [0.05, 0.1) is 4.90 Å². The SMILES string of the molecule is Cc1ccccc1S(=O)(=O)N(CCCO)C(C)C. The number of hydrogen-bond acceptors (Lipinski definition) is 3. The predicted molar refractivity (Wildman–Crippen MR) is 71.9 cm³/mol. The van der Waals surface area contributed by atoms with Gasteiger partial charge in [-0.1, -0.05) is 18.2 Å². The van der Waals surface area contributed by atoms with Crippen molar-refractivity contribution in [1.82, 2.24) is 4.31 Å². The van der Waals surface area contributed by atoms with E-state index in [4.69, 9.17) is 5.11 Å². The molecule has 0 aromatic heterocycles. The van der Waals surface area contributed by atoms with Crippen molar-refractivity contribution >= 4 is 10.0 Å². The Balaban J connectivity index is 3.14. The Hall–Kier alpha value is -0.910. The number of benzene rings is 1. The third-order valence-electron chi connectivity index (χ3n) is 2.79. The smallest absolute Gasteiger partial charge is 0.243 e. The third-order valence-corrected chi connectivity index (χ3v) is 5.03. The van der Waals surface area contributed by atoms with Crippen molar-refractivity contribution in [2.45, 2.75) is 38.1 Å². The van der Waals surface area contributed by atoms with E-state index in [1.165, 1.54) is 4.31 Å². The lowest BCUT2D eigenvalue weighted by Gasteiger charge is -2.26. The number of sulfonamides is 1. The highest BCUT2D eigenvalue weighted by molar-refractivity contribution is 7.89. The molecule has 1 N–H and O–H groups in total. The van der Waals surface area contributed by atoms with Gasteiger partial charge in [0.1, 0.15) is 0 Å². The molecule has 0 radical (unpaired) electrons. The van der Waals surface area contributed by atoms with Gasteiger partial charge in [-0.05, 0) is 38.8 Å². The molecule has 0 heterocycles. The maximum absolute atomic E-state index is 12.5. The first-order valence-electron chi connectivity index (χ1n) is 6.09. The zero-order valence-electron chi connectivity index (χ0n) is 11.1. The lowest BCUT2D eigenvalue weighted by molar-refractivity contribution is 0.258. The van der Waals surface area contributed by atoms with Crippen LogP contribution in [0.15, 0.2) is 29.2 Å². The molecule has 0 unspecified atom stereocenters. The second kappa shape index (κ2) is 6.31. The van der Waals surface area contributed by atoms with Crippen LogP contribution in [0.2, 0.25) is 0 Å². The average molecular weight is 271 g/mol. The highest BCUT2D eigenvalue weighted by atomic mass is 32.2. The minimum absolute atomic E-state index is 0.00743. The second-order valence-corrected chi connectivity index (χ2v) is 6.41. The Morgan fingerprint density at radius 2 is 1.89 bits per heavy atom. The first kappa shape index (κ1) is 15.1. The van der Waals surface area contributed by atoms with Gasteiger partial charge >= 0.3 is 0 Å². The predicted octanol–water partition coefficient (Wildman–Crippen LogP) is 1.78. The third kappa shape index (κ3) is 3.31. The van der Waals surface area contributed by atoms with Crippen molar-refractivity contribution in [1.29, 1.82) is 0 Å². The Morgan fingerprint density at radius 3 is 2.39 bits per heavy atom. The summed E-state index contributed by atoms with van der Waals surface area (Å²) >= 11 is 0. The van der Waals surface area contributed by atoms with Crippen LogP contribution in [0.25, 0.3) is 0 Å². The van der Waals surface area contributed by atoms with Gasteiger partial charge in [-0.2, -0.15) is 4.31 Å². The average Bonchev–Trinajstić information content (AvgIpc) is 2.29. The first-order valence-corrected chi connectivity index (χ1v) is 7.53. The molecule has 102 valence electrons. The van der Waals surface area contributed by atoms with E-state index < -0.39 is 10.0 Å². The normalized spacial score (nSPS) is 12.3. The Kier molecular flexibility index (Phi) is 5.31. The summed E-state index contributed by atoms with van der Waals surface area (Å²) in [7, 11) is -3.48. The Morgan fingerprint density at radius 1 is 1.28 bits per heavy atom. The van der Waals surface area contributed by atoms with E-state index in [2.05, 4.69) is 0 Å². The summed E-state index contributed by atoms with van der Waals surface area (Å²) in [5.41, 5.74) is 0.743. The zero-order chi connectivity index (χ0) is 13.8. The van der Waals surface area contributed by atoms with Crippen molar-refractivity contribution in [3.05, 3.63) is 29.8 Å². The number of nitrogens with zero attached hydrogens (tertiary/aromatic N) is 1. The van der Waals surface area contributed by atoms with E-state index in [0.29, 0.717) is 17.9 Å².